The van der Waals surface area contributed by atoms with E-state index in [1.165, 1.54) is 27.5 Å². The summed E-state index contributed by atoms with van der Waals surface area (Å²) in [5.41, 5.74) is 2.92. The molecular formula is C20H25N5O2S. The van der Waals surface area contributed by atoms with Crippen LogP contribution in [0.1, 0.15) is 37.1 Å². The van der Waals surface area contributed by atoms with E-state index >= 15 is 0 Å². The van der Waals surface area contributed by atoms with Gasteiger partial charge in [0.25, 0.3) is 5.56 Å². The Morgan fingerprint density at radius 2 is 1.93 bits per heavy atom. The first-order valence-electron chi connectivity index (χ1n) is 9.45. The van der Waals surface area contributed by atoms with Gasteiger partial charge in [0, 0.05) is 25.4 Å². The summed E-state index contributed by atoms with van der Waals surface area (Å²) in [4.78, 5) is 31.3. The average Bonchev–Trinajstić information content (AvgIpc) is 3.12. The first-order chi connectivity index (χ1) is 13.5. The zero-order chi connectivity index (χ0) is 20.1. The summed E-state index contributed by atoms with van der Waals surface area (Å²) in [5.74, 6) is -0.103. The van der Waals surface area contributed by atoms with Crippen LogP contribution in [-0.4, -0.2) is 34.1 Å². The summed E-state index contributed by atoms with van der Waals surface area (Å²) in [6.07, 6.45) is 2.68. The number of benzene rings is 1. The molecule has 0 bridgehead atoms. The lowest BCUT2D eigenvalue weighted by Gasteiger charge is -2.14. The molecule has 2 aromatic heterocycles. The Morgan fingerprint density at radius 1 is 1.21 bits per heavy atom. The van der Waals surface area contributed by atoms with E-state index in [9.17, 15) is 9.59 Å². The van der Waals surface area contributed by atoms with Crippen molar-refractivity contribution in [1.29, 1.82) is 0 Å². The fourth-order valence-electron chi connectivity index (χ4n) is 2.82. The Labute approximate surface area is 168 Å². The van der Waals surface area contributed by atoms with Gasteiger partial charge in [0.1, 0.15) is 0 Å². The van der Waals surface area contributed by atoms with Gasteiger partial charge < -0.3 is 10.2 Å². The van der Waals surface area contributed by atoms with Crippen LogP contribution in [0, 0.1) is 0 Å². The quantitative estimate of drug-likeness (QED) is 0.629. The molecule has 0 unspecified atom stereocenters. The number of likely N-dealkylation sites (N-methyl/N-ethyl adjacent to an activating group) is 1. The molecule has 0 aliphatic carbocycles. The number of anilines is 1. The lowest BCUT2D eigenvalue weighted by atomic mass is 10.1. The molecule has 1 amide bonds. The molecule has 0 aliphatic rings. The number of rotatable bonds is 8. The normalized spacial score (nSPS) is 11.0. The minimum absolute atomic E-state index is 0.103. The van der Waals surface area contributed by atoms with E-state index in [2.05, 4.69) is 34.5 Å². The van der Waals surface area contributed by atoms with Gasteiger partial charge in [-0.1, -0.05) is 55.9 Å². The molecule has 1 aromatic carbocycles. The van der Waals surface area contributed by atoms with Crippen molar-refractivity contribution in [2.24, 2.45) is 0 Å². The second-order valence-corrected chi connectivity index (χ2v) is 7.65. The maximum Gasteiger partial charge on any atom is 0.275 e. The Hall–Kier alpha value is -2.74. The maximum absolute atomic E-state index is 12.3. The number of carbonyl (C=O) groups is 1. The van der Waals surface area contributed by atoms with Crippen LogP contribution < -0.4 is 15.8 Å². The molecule has 3 aromatic rings. The van der Waals surface area contributed by atoms with Gasteiger partial charge in [-0.2, -0.15) is 4.52 Å². The smallest absolute Gasteiger partial charge is 0.275 e. The fraction of sp³-hybridized carbons (Fsp3) is 0.400. The van der Waals surface area contributed by atoms with E-state index in [0.717, 1.165) is 30.5 Å². The van der Waals surface area contributed by atoms with Crippen molar-refractivity contribution in [3.8, 4) is 0 Å². The highest BCUT2D eigenvalue weighted by Crippen LogP contribution is 2.20. The lowest BCUT2D eigenvalue weighted by molar-refractivity contribution is -0.119. The molecule has 7 nitrogen and oxygen atoms in total. The summed E-state index contributed by atoms with van der Waals surface area (Å²) in [6, 6.07) is 9.74. The third kappa shape index (κ3) is 4.75. The number of aromatic nitrogens is 3. The number of hydrogen-bond acceptors (Lipinski definition) is 6. The van der Waals surface area contributed by atoms with Crippen LogP contribution in [0.3, 0.4) is 0 Å². The minimum atomic E-state index is -0.190. The topological polar surface area (TPSA) is 79.6 Å². The summed E-state index contributed by atoms with van der Waals surface area (Å²) in [5, 5.41) is 7.81. The van der Waals surface area contributed by atoms with Gasteiger partial charge in [0.15, 0.2) is 0 Å². The summed E-state index contributed by atoms with van der Waals surface area (Å²) < 4.78 is 1.29. The van der Waals surface area contributed by atoms with Gasteiger partial charge in [-0.3, -0.25) is 9.59 Å². The Kier molecular flexibility index (Phi) is 6.41. The van der Waals surface area contributed by atoms with E-state index in [1.54, 1.807) is 11.9 Å². The van der Waals surface area contributed by atoms with Crippen molar-refractivity contribution in [3.05, 3.63) is 57.5 Å². The predicted molar refractivity (Wildman–Crippen MR) is 112 cm³/mol. The van der Waals surface area contributed by atoms with Crippen molar-refractivity contribution < 1.29 is 4.79 Å². The van der Waals surface area contributed by atoms with E-state index in [1.807, 2.05) is 19.1 Å². The molecule has 0 saturated heterocycles. The van der Waals surface area contributed by atoms with Gasteiger partial charge in [-0.05, 0) is 24.0 Å². The Balaban J connectivity index is 1.63. The third-order valence-corrected chi connectivity index (χ3v) is 5.44. The first-order valence-corrected chi connectivity index (χ1v) is 10.3. The highest BCUT2D eigenvalue weighted by Gasteiger charge is 2.14. The molecule has 0 fully saturated rings. The van der Waals surface area contributed by atoms with Crippen LogP contribution in [0.5, 0.6) is 0 Å². The van der Waals surface area contributed by atoms with Gasteiger partial charge >= 0.3 is 0 Å². The van der Waals surface area contributed by atoms with Crippen LogP contribution in [0.4, 0.5) is 5.13 Å². The zero-order valence-electron chi connectivity index (χ0n) is 16.4. The van der Waals surface area contributed by atoms with Crippen LogP contribution in [-0.2, 0) is 24.2 Å². The Bertz CT molecular complexity index is 1010. The predicted octanol–water partition coefficient (Wildman–Crippen LogP) is 2.42. The number of nitrogens with zero attached hydrogens (tertiary/aromatic N) is 4. The summed E-state index contributed by atoms with van der Waals surface area (Å²) in [6.45, 7) is 4.80. The highest BCUT2D eigenvalue weighted by atomic mass is 32.1. The lowest BCUT2D eigenvalue weighted by Crippen LogP contribution is -2.34. The van der Waals surface area contributed by atoms with Gasteiger partial charge in [0.05, 0.1) is 6.54 Å². The molecule has 0 saturated carbocycles. The highest BCUT2D eigenvalue weighted by molar-refractivity contribution is 7.20. The molecule has 148 valence electrons. The van der Waals surface area contributed by atoms with E-state index < -0.39 is 0 Å². The standard InChI is InChI=1S/C20H25N5O2S/c1-4-6-16-11-18(27)25-19(22-16)28-20(23-25)24(3)13-17(26)21-12-15-9-7-14(5-2)8-10-15/h7-11H,4-6,12-13H2,1-3H3,(H,21,26). The van der Waals surface area contributed by atoms with E-state index in [-0.39, 0.29) is 18.0 Å². The molecular weight excluding hydrogens is 374 g/mol. The first kappa shape index (κ1) is 20.0. The molecule has 0 aliphatic heterocycles. The number of carbonyl (C=O) groups excluding carboxylic acids is 1. The minimum Gasteiger partial charge on any atom is -0.350 e. The van der Waals surface area contributed by atoms with E-state index in [4.69, 9.17) is 0 Å². The van der Waals surface area contributed by atoms with Crippen molar-refractivity contribution in [1.82, 2.24) is 19.9 Å². The molecule has 0 atom stereocenters. The molecule has 3 rings (SSSR count). The maximum atomic E-state index is 12.3. The number of hydrogen-bond donors (Lipinski definition) is 1. The van der Waals surface area contributed by atoms with Crippen molar-refractivity contribution in [3.63, 3.8) is 0 Å². The number of amides is 1. The van der Waals surface area contributed by atoms with Gasteiger partial charge in [0.2, 0.25) is 16.0 Å². The third-order valence-electron chi connectivity index (χ3n) is 4.42. The second kappa shape index (κ2) is 8.97. The second-order valence-electron chi connectivity index (χ2n) is 6.72. The number of nitrogens with one attached hydrogen (secondary N) is 1. The van der Waals surface area contributed by atoms with Crippen molar-refractivity contribution in [2.75, 3.05) is 18.5 Å². The van der Waals surface area contributed by atoms with Crippen LogP contribution >= 0.6 is 11.3 Å². The zero-order valence-corrected chi connectivity index (χ0v) is 17.3. The van der Waals surface area contributed by atoms with Gasteiger partial charge in [-0.15, -0.1) is 5.10 Å². The number of aryl methyl sites for hydroxylation is 2. The molecule has 8 heteroatoms. The Morgan fingerprint density at radius 3 is 2.61 bits per heavy atom. The summed E-state index contributed by atoms with van der Waals surface area (Å²) in [7, 11) is 1.78. The monoisotopic (exact) mass is 399 g/mol. The molecule has 0 radical (unpaired) electrons. The summed E-state index contributed by atoms with van der Waals surface area (Å²) >= 11 is 1.31. The molecule has 28 heavy (non-hydrogen) atoms. The largest absolute Gasteiger partial charge is 0.350 e. The van der Waals surface area contributed by atoms with Crippen LogP contribution in [0.25, 0.3) is 4.96 Å². The molecule has 1 N–H and O–H groups in total. The van der Waals surface area contributed by atoms with Crippen LogP contribution in [0.15, 0.2) is 35.1 Å². The fourth-order valence-corrected chi connectivity index (χ4v) is 3.70. The van der Waals surface area contributed by atoms with E-state index in [0.29, 0.717) is 16.6 Å². The number of fused-ring (bicyclic) bond motifs is 1. The average molecular weight is 400 g/mol. The van der Waals surface area contributed by atoms with Crippen LogP contribution in [0.2, 0.25) is 0 Å². The van der Waals surface area contributed by atoms with Crippen molar-refractivity contribution in [2.45, 2.75) is 39.7 Å². The van der Waals surface area contributed by atoms with Crippen molar-refractivity contribution >= 4 is 27.3 Å². The SMILES string of the molecule is CCCc1cc(=O)n2nc(N(C)CC(=O)NCc3ccc(CC)cc3)sc2n1. The molecule has 2 heterocycles. The molecule has 0 spiro atoms. The van der Waals surface area contributed by atoms with Gasteiger partial charge in [-0.25, -0.2) is 4.98 Å².